The van der Waals surface area contributed by atoms with Gasteiger partial charge < -0.3 is 9.30 Å². The van der Waals surface area contributed by atoms with Crippen LogP contribution in [0.1, 0.15) is 132 Å². The van der Waals surface area contributed by atoms with E-state index in [1.165, 1.54) is 33.4 Å². The number of nitrogens with zero attached hydrogens (tertiary/aromatic N) is 4. The Morgan fingerprint density at radius 3 is 1.84 bits per heavy atom. The summed E-state index contributed by atoms with van der Waals surface area (Å²) in [4.78, 5) is 4.96. The van der Waals surface area contributed by atoms with Crippen molar-refractivity contribution in [2.24, 2.45) is 0 Å². The van der Waals surface area contributed by atoms with Crippen LogP contribution >= 0.6 is 0 Å². The van der Waals surface area contributed by atoms with Crippen molar-refractivity contribution in [2.45, 2.75) is 131 Å². The SMILES string of the molecule is CC(C)(C)c1cccc(-c2cccc3c2[N+](c2cc(C(C)(C)C)cc(C(C)(C)C)c2)=C=[N+]3c2[c-]c(Oc3[c-]c4c(c(C(C)(C)C)c3)c3ccccc3n4-c3cc(C(C)(C)C)ccn3)ccc2)c1.[Pt+2]. The van der Waals surface area contributed by atoms with Gasteiger partial charge in [0.25, 0.3) is 5.69 Å². The van der Waals surface area contributed by atoms with E-state index in [1.54, 1.807) is 0 Å². The molecule has 6 heteroatoms. The molecular formula is C62H66N4OPt+2. The summed E-state index contributed by atoms with van der Waals surface area (Å²) in [7, 11) is 0. The van der Waals surface area contributed by atoms with Gasteiger partial charge in [-0.2, -0.15) is 6.07 Å². The second kappa shape index (κ2) is 17.3. The summed E-state index contributed by atoms with van der Waals surface area (Å²) in [6.07, 6.45) is 1.92. The molecule has 68 heavy (non-hydrogen) atoms. The zero-order valence-electron chi connectivity index (χ0n) is 42.6. The van der Waals surface area contributed by atoms with Gasteiger partial charge in [0.2, 0.25) is 5.69 Å². The van der Waals surface area contributed by atoms with Gasteiger partial charge in [0.1, 0.15) is 11.5 Å². The number of hydrogen-bond donors (Lipinski definition) is 0. The second-order valence-corrected chi connectivity index (χ2v) is 23.6. The summed E-state index contributed by atoms with van der Waals surface area (Å²) in [6.45, 7) is 34.1. The van der Waals surface area contributed by atoms with Crippen LogP contribution < -0.4 is 13.9 Å². The Hall–Kier alpha value is -5.86. The summed E-state index contributed by atoms with van der Waals surface area (Å²) >= 11 is 0. The van der Waals surface area contributed by atoms with E-state index in [1.807, 2.05) is 18.3 Å². The number of aromatic nitrogens is 2. The molecule has 0 fully saturated rings. The van der Waals surface area contributed by atoms with Crippen molar-refractivity contribution in [3.8, 4) is 28.4 Å². The summed E-state index contributed by atoms with van der Waals surface area (Å²) in [5, 5.41) is 2.32. The van der Waals surface area contributed by atoms with Gasteiger partial charge in [-0.1, -0.05) is 186 Å². The number of ether oxygens (including phenoxy) is 1. The van der Waals surface area contributed by atoms with E-state index >= 15 is 0 Å². The van der Waals surface area contributed by atoms with E-state index in [0.717, 1.165) is 55.9 Å². The van der Waals surface area contributed by atoms with E-state index in [0.29, 0.717) is 11.5 Å². The Balaban J connectivity index is 0.00000625. The number of pyridine rings is 1. The first-order valence-electron chi connectivity index (χ1n) is 23.8. The molecule has 1 aliphatic heterocycles. The Bertz CT molecular complexity index is 3300. The molecule has 0 saturated heterocycles. The predicted molar refractivity (Wildman–Crippen MR) is 282 cm³/mol. The maximum absolute atomic E-state index is 6.92. The molecule has 0 N–H and O–H groups in total. The third kappa shape index (κ3) is 9.21. The van der Waals surface area contributed by atoms with Gasteiger partial charge in [0.15, 0.2) is 0 Å². The summed E-state index contributed by atoms with van der Waals surface area (Å²) in [6, 6.07) is 55.2. The van der Waals surface area contributed by atoms with Gasteiger partial charge in [-0.3, -0.25) is 0 Å². The van der Waals surface area contributed by atoms with Gasteiger partial charge >= 0.3 is 32.8 Å². The van der Waals surface area contributed by atoms with Crippen LogP contribution in [0.15, 0.2) is 128 Å². The van der Waals surface area contributed by atoms with E-state index in [2.05, 4.69) is 245 Å². The molecule has 3 heterocycles. The van der Waals surface area contributed by atoms with Crippen LogP contribution in [0.2, 0.25) is 0 Å². The molecule has 9 rings (SSSR count). The molecule has 6 aromatic carbocycles. The number of hydrogen-bond acceptors (Lipinski definition) is 2. The molecule has 0 atom stereocenters. The topological polar surface area (TPSA) is 33.1 Å². The Labute approximate surface area is 419 Å². The van der Waals surface area contributed by atoms with Crippen molar-refractivity contribution in [1.82, 2.24) is 18.7 Å². The zero-order chi connectivity index (χ0) is 48.0. The number of benzene rings is 6. The van der Waals surface area contributed by atoms with Crippen LogP contribution in [0.3, 0.4) is 0 Å². The first-order chi connectivity index (χ1) is 31.4. The minimum Gasteiger partial charge on any atom is -0.509 e. The van der Waals surface area contributed by atoms with Crippen molar-refractivity contribution in [3.05, 3.63) is 167 Å². The predicted octanol–water partition coefficient (Wildman–Crippen LogP) is 16.6. The quantitative estimate of drug-likeness (QED) is 0.123. The van der Waals surface area contributed by atoms with Gasteiger partial charge in [0.05, 0.1) is 5.56 Å². The molecule has 0 aliphatic carbocycles. The normalized spacial score (nSPS) is 13.3. The fraction of sp³-hybridized carbons (Fsp3) is 0.323. The van der Waals surface area contributed by atoms with E-state index < -0.39 is 0 Å². The Morgan fingerprint density at radius 2 is 1.18 bits per heavy atom. The van der Waals surface area contributed by atoms with Gasteiger partial charge in [0, 0.05) is 41.4 Å². The molecule has 0 amide bonds. The van der Waals surface area contributed by atoms with E-state index in [4.69, 9.17) is 9.72 Å². The third-order valence-electron chi connectivity index (χ3n) is 13.2. The standard InChI is InChI=1S/C62H66N4O.Pt/c1-58(2,3)41-22-18-21-40(31-41)49-26-20-28-53-57(49)65(46-33-43(60(7,8)9)32-44(34-46)61(10,11)12)39-64(53)45-23-19-24-47(36-45)67-48-37-51(62(13,14)15)56-50-25-16-17-27-52(50)66(54(56)38-48)55-35-42(29-30-63-55)59(4,5)6;/h16-35,37H,1-15H3;/q;+2. The van der Waals surface area contributed by atoms with Crippen molar-refractivity contribution in [1.29, 1.82) is 0 Å². The largest absolute Gasteiger partial charge is 2.00 e. The molecular weight excluding hydrogens is 1010 g/mol. The maximum atomic E-state index is 6.92. The van der Waals surface area contributed by atoms with Gasteiger partial charge in [-0.25, -0.2) is 4.98 Å². The molecule has 0 saturated carbocycles. The molecule has 0 spiro atoms. The number of para-hydroxylation sites is 2. The Morgan fingerprint density at radius 1 is 0.544 bits per heavy atom. The average Bonchev–Trinajstić information content (AvgIpc) is 3.81. The van der Waals surface area contributed by atoms with Crippen LogP contribution in [0.25, 0.3) is 38.8 Å². The minimum absolute atomic E-state index is 0. The maximum Gasteiger partial charge on any atom is 2.00 e. The molecule has 1 aliphatic rings. The van der Waals surface area contributed by atoms with Crippen LogP contribution in [0.4, 0.5) is 22.7 Å². The summed E-state index contributed by atoms with van der Waals surface area (Å²) in [5.41, 5.74) is 14.2. The second-order valence-electron chi connectivity index (χ2n) is 23.6. The van der Waals surface area contributed by atoms with Crippen LogP contribution in [0.5, 0.6) is 11.5 Å². The molecule has 8 aromatic rings. The molecule has 348 valence electrons. The first kappa shape index (κ1) is 48.6. The monoisotopic (exact) mass is 1080 g/mol. The Kier molecular flexibility index (Phi) is 12.3. The molecule has 0 bridgehead atoms. The van der Waals surface area contributed by atoms with Crippen LogP contribution in [-0.2, 0) is 48.1 Å². The van der Waals surface area contributed by atoms with E-state index in [-0.39, 0.29) is 48.1 Å². The van der Waals surface area contributed by atoms with Gasteiger partial charge in [-0.15, -0.1) is 23.8 Å². The third-order valence-corrected chi connectivity index (χ3v) is 13.2. The summed E-state index contributed by atoms with van der Waals surface area (Å²) < 4.78 is 13.6. The summed E-state index contributed by atoms with van der Waals surface area (Å²) in [5.74, 6) is 2.06. The van der Waals surface area contributed by atoms with Crippen molar-refractivity contribution in [2.75, 3.05) is 0 Å². The zero-order valence-corrected chi connectivity index (χ0v) is 44.9. The fourth-order valence-electron chi connectivity index (χ4n) is 9.14. The van der Waals surface area contributed by atoms with E-state index in [9.17, 15) is 0 Å². The van der Waals surface area contributed by atoms with Crippen molar-refractivity contribution >= 4 is 50.6 Å². The van der Waals surface area contributed by atoms with Gasteiger partial charge in [-0.05, 0) is 89.1 Å². The number of fused-ring (bicyclic) bond motifs is 4. The van der Waals surface area contributed by atoms with Crippen LogP contribution in [0, 0.1) is 12.1 Å². The minimum atomic E-state index is -0.208. The molecule has 2 aromatic heterocycles. The average molecular weight is 1080 g/mol. The fourth-order valence-corrected chi connectivity index (χ4v) is 9.14. The molecule has 5 nitrogen and oxygen atoms in total. The van der Waals surface area contributed by atoms with Crippen molar-refractivity contribution in [3.63, 3.8) is 0 Å². The van der Waals surface area contributed by atoms with Crippen LogP contribution in [-0.4, -0.2) is 15.6 Å². The molecule has 0 radical (unpaired) electrons. The molecule has 0 unspecified atom stereocenters. The first-order valence-corrected chi connectivity index (χ1v) is 23.8. The number of rotatable bonds is 6. The van der Waals surface area contributed by atoms with Crippen molar-refractivity contribution < 1.29 is 25.8 Å². The smallest absolute Gasteiger partial charge is 0.509 e.